The minimum atomic E-state index is 0.549. The number of hydrogen-bond donors (Lipinski definition) is 1. The van der Waals surface area contributed by atoms with Crippen LogP contribution in [0.15, 0.2) is 17.3 Å². The van der Waals surface area contributed by atoms with Gasteiger partial charge in [-0.1, -0.05) is 0 Å². The number of nitrogen functional groups attached to an aromatic ring is 1. The van der Waals surface area contributed by atoms with E-state index in [1.54, 1.807) is 0 Å². The highest BCUT2D eigenvalue weighted by Gasteiger charge is 2.03. The zero-order valence-electron chi connectivity index (χ0n) is 5.40. The summed E-state index contributed by atoms with van der Waals surface area (Å²) in [4.78, 5) is 7.81. The van der Waals surface area contributed by atoms with Gasteiger partial charge in [0, 0.05) is 0 Å². The summed E-state index contributed by atoms with van der Waals surface area (Å²) in [6.45, 7) is 0. The Bertz CT molecular complexity index is 395. The molecule has 0 aromatic carbocycles. The van der Waals surface area contributed by atoms with E-state index >= 15 is 0 Å². The zero-order chi connectivity index (χ0) is 7.84. The van der Waals surface area contributed by atoms with Gasteiger partial charge in [-0.05, 0) is 15.9 Å². The molecule has 56 valence electrons. The van der Waals surface area contributed by atoms with E-state index < -0.39 is 0 Å². The molecular weight excluding hydrogens is 210 g/mol. The van der Waals surface area contributed by atoms with Crippen molar-refractivity contribution in [3.63, 3.8) is 0 Å². The van der Waals surface area contributed by atoms with Gasteiger partial charge in [0.05, 0.1) is 11.9 Å². The van der Waals surface area contributed by atoms with Crippen molar-refractivity contribution in [3.05, 3.63) is 17.3 Å². The molecule has 0 aliphatic carbocycles. The molecule has 0 fully saturated rings. The lowest BCUT2D eigenvalue weighted by Gasteiger charge is -1.92. The number of halogens is 1. The van der Waals surface area contributed by atoms with Crippen LogP contribution in [0.5, 0.6) is 0 Å². The molecule has 0 saturated heterocycles. The SMILES string of the molecule is Nc1cnn2c(Br)ncnc12. The van der Waals surface area contributed by atoms with Crippen LogP contribution < -0.4 is 5.73 Å². The zero-order valence-corrected chi connectivity index (χ0v) is 6.98. The highest BCUT2D eigenvalue weighted by molar-refractivity contribution is 9.10. The van der Waals surface area contributed by atoms with E-state index in [0.717, 1.165) is 0 Å². The van der Waals surface area contributed by atoms with Crippen molar-refractivity contribution in [2.24, 2.45) is 0 Å². The predicted molar refractivity (Wildman–Crippen MR) is 42.9 cm³/mol. The first kappa shape index (κ1) is 6.53. The number of aromatic nitrogens is 4. The average Bonchev–Trinajstić information content (AvgIpc) is 2.35. The molecule has 0 aliphatic heterocycles. The summed E-state index contributed by atoms with van der Waals surface area (Å²) in [7, 11) is 0. The van der Waals surface area contributed by atoms with Crippen molar-refractivity contribution in [1.29, 1.82) is 0 Å². The molecule has 0 saturated carbocycles. The highest BCUT2D eigenvalue weighted by Crippen LogP contribution is 2.12. The van der Waals surface area contributed by atoms with Crippen molar-refractivity contribution in [2.45, 2.75) is 0 Å². The molecule has 2 rings (SSSR count). The summed E-state index contributed by atoms with van der Waals surface area (Å²) in [5, 5.41) is 3.94. The lowest BCUT2D eigenvalue weighted by Crippen LogP contribution is -1.95. The third-order valence-electron chi connectivity index (χ3n) is 1.29. The van der Waals surface area contributed by atoms with Crippen molar-refractivity contribution >= 4 is 27.3 Å². The second kappa shape index (κ2) is 2.16. The van der Waals surface area contributed by atoms with Gasteiger partial charge >= 0.3 is 0 Å². The normalized spacial score (nSPS) is 10.6. The van der Waals surface area contributed by atoms with Crippen LogP contribution >= 0.6 is 15.9 Å². The van der Waals surface area contributed by atoms with Gasteiger partial charge in [0.15, 0.2) is 5.65 Å². The molecule has 2 heterocycles. The molecule has 0 unspecified atom stereocenters. The van der Waals surface area contributed by atoms with Crippen LogP contribution in [0.1, 0.15) is 0 Å². The molecule has 2 aromatic heterocycles. The maximum Gasteiger partial charge on any atom is 0.201 e. The third-order valence-corrected chi connectivity index (χ3v) is 1.83. The number of rotatable bonds is 0. The second-order valence-electron chi connectivity index (χ2n) is 1.98. The summed E-state index contributed by atoms with van der Waals surface area (Å²) in [6.07, 6.45) is 2.96. The smallest absolute Gasteiger partial charge is 0.201 e. The maximum absolute atomic E-state index is 5.55. The van der Waals surface area contributed by atoms with Crippen LogP contribution in [0.25, 0.3) is 5.65 Å². The molecule has 2 aromatic rings. The van der Waals surface area contributed by atoms with E-state index in [2.05, 4.69) is 31.0 Å². The molecule has 0 atom stereocenters. The highest BCUT2D eigenvalue weighted by atomic mass is 79.9. The van der Waals surface area contributed by atoms with Crippen LogP contribution in [0, 0.1) is 0 Å². The van der Waals surface area contributed by atoms with Gasteiger partial charge < -0.3 is 5.73 Å². The number of nitrogens with two attached hydrogens (primary N) is 1. The Morgan fingerprint density at radius 2 is 2.27 bits per heavy atom. The molecule has 6 heteroatoms. The lowest BCUT2D eigenvalue weighted by atomic mass is 10.6. The maximum atomic E-state index is 5.55. The lowest BCUT2D eigenvalue weighted by molar-refractivity contribution is 0.859. The van der Waals surface area contributed by atoms with Crippen LogP contribution in [0.4, 0.5) is 5.69 Å². The Balaban J connectivity index is 2.94. The predicted octanol–water partition coefficient (Wildman–Crippen LogP) is 0.469. The van der Waals surface area contributed by atoms with Crippen molar-refractivity contribution in [1.82, 2.24) is 19.6 Å². The quantitative estimate of drug-likeness (QED) is 0.691. The first-order valence-electron chi connectivity index (χ1n) is 2.89. The minimum Gasteiger partial charge on any atom is -0.394 e. The molecule has 0 aliphatic rings. The second-order valence-corrected chi connectivity index (χ2v) is 2.69. The Morgan fingerprint density at radius 1 is 1.45 bits per heavy atom. The fourth-order valence-electron chi connectivity index (χ4n) is 0.805. The van der Waals surface area contributed by atoms with Gasteiger partial charge in [0.2, 0.25) is 4.73 Å². The summed E-state index contributed by atoms with van der Waals surface area (Å²) < 4.78 is 2.12. The number of hydrogen-bond acceptors (Lipinski definition) is 4. The molecule has 2 N–H and O–H groups in total. The van der Waals surface area contributed by atoms with Gasteiger partial charge in [-0.2, -0.15) is 9.61 Å². The summed E-state index contributed by atoms with van der Waals surface area (Å²) in [6, 6.07) is 0. The van der Waals surface area contributed by atoms with Crippen molar-refractivity contribution in [3.8, 4) is 0 Å². The molecule has 11 heavy (non-hydrogen) atoms. The standard InChI is InChI=1S/C5H4BrN5/c6-5-9-2-8-4-3(7)1-10-11(4)5/h1-2H,7H2. The van der Waals surface area contributed by atoms with Crippen LogP contribution in [0.3, 0.4) is 0 Å². The largest absolute Gasteiger partial charge is 0.394 e. The van der Waals surface area contributed by atoms with Gasteiger partial charge in [0.1, 0.15) is 6.33 Å². The van der Waals surface area contributed by atoms with E-state index in [1.807, 2.05) is 0 Å². The van der Waals surface area contributed by atoms with E-state index in [9.17, 15) is 0 Å². The summed E-state index contributed by atoms with van der Waals surface area (Å²) in [5.74, 6) is 0. The van der Waals surface area contributed by atoms with E-state index in [-0.39, 0.29) is 0 Å². The van der Waals surface area contributed by atoms with Crippen LogP contribution in [0.2, 0.25) is 0 Å². The minimum absolute atomic E-state index is 0.549. The Kier molecular flexibility index (Phi) is 1.28. The third kappa shape index (κ3) is 0.864. The van der Waals surface area contributed by atoms with E-state index in [0.29, 0.717) is 16.1 Å². The van der Waals surface area contributed by atoms with E-state index in [1.165, 1.54) is 17.0 Å². The first-order valence-corrected chi connectivity index (χ1v) is 3.68. The molecule has 5 nitrogen and oxygen atoms in total. The van der Waals surface area contributed by atoms with E-state index in [4.69, 9.17) is 5.73 Å². The molecule has 0 amide bonds. The van der Waals surface area contributed by atoms with Crippen molar-refractivity contribution in [2.75, 3.05) is 5.73 Å². The Labute approximate surface area is 70.4 Å². The molecule has 0 bridgehead atoms. The van der Waals surface area contributed by atoms with Crippen LogP contribution in [-0.4, -0.2) is 19.6 Å². The van der Waals surface area contributed by atoms with Crippen LogP contribution in [-0.2, 0) is 0 Å². The summed E-state index contributed by atoms with van der Waals surface area (Å²) >= 11 is 3.20. The van der Waals surface area contributed by atoms with Gasteiger partial charge in [-0.3, -0.25) is 0 Å². The number of anilines is 1. The monoisotopic (exact) mass is 213 g/mol. The number of fused-ring (bicyclic) bond motifs is 1. The van der Waals surface area contributed by atoms with Gasteiger partial charge in [0.25, 0.3) is 0 Å². The molecule has 0 spiro atoms. The van der Waals surface area contributed by atoms with Gasteiger partial charge in [-0.15, -0.1) is 0 Å². The van der Waals surface area contributed by atoms with Gasteiger partial charge in [-0.25, -0.2) is 9.97 Å². The summed E-state index contributed by atoms with van der Waals surface area (Å²) in [5.41, 5.74) is 6.72. The number of nitrogens with zero attached hydrogens (tertiary/aromatic N) is 4. The average molecular weight is 214 g/mol. The molecular formula is C5H4BrN5. The molecule has 0 radical (unpaired) electrons. The Morgan fingerprint density at radius 3 is 3.00 bits per heavy atom. The first-order chi connectivity index (χ1) is 5.29. The Hall–Kier alpha value is -1.17. The fourth-order valence-corrected chi connectivity index (χ4v) is 1.16. The fraction of sp³-hybridized carbons (Fsp3) is 0. The topological polar surface area (TPSA) is 69.1 Å². The van der Waals surface area contributed by atoms with Crippen molar-refractivity contribution < 1.29 is 0 Å².